The molecule has 0 unspecified atom stereocenters. The van der Waals surface area contributed by atoms with Gasteiger partial charge in [0.1, 0.15) is 0 Å². The zero-order valence-electron chi connectivity index (χ0n) is 12.8. The fourth-order valence-corrected chi connectivity index (χ4v) is 2.41. The van der Waals surface area contributed by atoms with Crippen molar-refractivity contribution in [3.05, 3.63) is 72.1 Å². The summed E-state index contributed by atoms with van der Waals surface area (Å²) in [6.07, 6.45) is 5.71. The molecule has 3 aromatic rings. The topological polar surface area (TPSA) is 25.8 Å². The maximum absolute atomic E-state index is 13.3. The lowest BCUT2D eigenvalue weighted by molar-refractivity contribution is 0.509. The Morgan fingerprint density at radius 2 is 1.39 bits per heavy atom. The standard InChI is InChI=1S/C19H16F2N2/c1-2-3-13-11-22-19(23-12-13)15-6-4-14(5-7-15)16-8-9-17(20)18(21)10-16/h4-12H,2-3H2,1H3. The Bertz CT molecular complexity index is 797. The predicted molar refractivity (Wildman–Crippen MR) is 86.8 cm³/mol. The fraction of sp³-hybridized carbons (Fsp3) is 0.158. The lowest BCUT2D eigenvalue weighted by Gasteiger charge is -2.05. The molecule has 23 heavy (non-hydrogen) atoms. The van der Waals surface area contributed by atoms with Gasteiger partial charge in [-0.15, -0.1) is 0 Å². The van der Waals surface area contributed by atoms with Crippen LogP contribution < -0.4 is 0 Å². The third kappa shape index (κ3) is 3.42. The number of benzene rings is 2. The molecule has 1 aromatic heterocycles. The van der Waals surface area contributed by atoms with Crippen molar-refractivity contribution >= 4 is 0 Å². The second kappa shape index (κ2) is 6.65. The van der Waals surface area contributed by atoms with Crippen molar-refractivity contribution in [3.8, 4) is 22.5 Å². The largest absolute Gasteiger partial charge is 0.236 e. The van der Waals surface area contributed by atoms with Crippen LogP contribution in [0.4, 0.5) is 8.78 Å². The van der Waals surface area contributed by atoms with Crippen molar-refractivity contribution < 1.29 is 8.78 Å². The number of halogens is 2. The summed E-state index contributed by atoms with van der Waals surface area (Å²) >= 11 is 0. The first-order chi connectivity index (χ1) is 11.2. The third-order valence-electron chi connectivity index (χ3n) is 3.64. The van der Waals surface area contributed by atoms with Gasteiger partial charge >= 0.3 is 0 Å². The van der Waals surface area contributed by atoms with Crippen LogP contribution in [0.5, 0.6) is 0 Å². The molecular formula is C19H16F2N2. The Labute approximate surface area is 133 Å². The molecule has 0 aliphatic heterocycles. The molecule has 116 valence electrons. The minimum Gasteiger partial charge on any atom is -0.236 e. The first-order valence-electron chi connectivity index (χ1n) is 7.54. The molecular weight excluding hydrogens is 294 g/mol. The van der Waals surface area contributed by atoms with Crippen LogP contribution in [0.25, 0.3) is 22.5 Å². The molecule has 3 rings (SSSR count). The number of aryl methyl sites for hydroxylation is 1. The van der Waals surface area contributed by atoms with E-state index >= 15 is 0 Å². The molecule has 2 nitrogen and oxygen atoms in total. The number of hydrogen-bond donors (Lipinski definition) is 0. The fourth-order valence-electron chi connectivity index (χ4n) is 2.41. The minimum atomic E-state index is -0.846. The van der Waals surface area contributed by atoms with E-state index < -0.39 is 11.6 Å². The smallest absolute Gasteiger partial charge is 0.159 e. The van der Waals surface area contributed by atoms with E-state index in [1.54, 1.807) is 6.07 Å². The molecule has 4 heteroatoms. The quantitative estimate of drug-likeness (QED) is 0.674. The average Bonchev–Trinajstić information content (AvgIpc) is 2.59. The monoisotopic (exact) mass is 310 g/mol. The van der Waals surface area contributed by atoms with Crippen LogP contribution in [0.3, 0.4) is 0 Å². The molecule has 0 aliphatic rings. The lowest BCUT2D eigenvalue weighted by atomic mass is 10.0. The highest BCUT2D eigenvalue weighted by atomic mass is 19.2. The molecule has 0 radical (unpaired) electrons. The van der Waals surface area contributed by atoms with E-state index in [1.807, 2.05) is 36.7 Å². The average molecular weight is 310 g/mol. The van der Waals surface area contributed by atoms with Crippen molar-refractivity contribution in [2.24, 2.45) is 0 Å². The first-order valence-corrected chi connectivity index (χ1v) is 7.54. The lowest BCUT2D eigenvalue weighted by Crippen LogP contribution is -1.92. The summed E-state index contributed by atoms with van der Waals surface area (Å²) in [5.41, 5.74) is 3.46. The third-order valence-corrected chi connectivity index (χ3v) is 3.64. The number of nitrogens with zero attached hydrogens (tertiary/aromatic N) is 2. The maximum atomic E-state index is 13.3. The second-order valence-corrected chi connectivity index (χ2v) is 5.37. The Morgan fingerprint density at radius 1 is 0.783 bits per heavy atom. The summed E-state index contributed by atoms with van der Waals surface area (Å²) in [4.78, 5) is 8.75. The Hall–Kier alpha value is -2.62. The Kier molecular flexibility index (Phi) is 4.42. The molecule has 0 fully saturated rings. The van der Waals surface area contributed by atoms with E-state index in [1.165, 1.54) is 6.07 Å². The van der Waals surface area contributed by atoms with Gasteiger partial charge in [0, 0.05) is 18.0 Å². The van der Waals surface area contributed by atoms with Crippen LogP contribution in [0.15, 0.2) is 54.9 Å². The van der Waals surface area contributed by atoms with E-state index in [9.17, 15) is 8.78 Å². The Balaban J connectivity index is 1.85. The van der Waals surface area contributed by atoms with Gasteiger partial charge in [0.25, 0.3) is 0 Å². The van der Waals surface area contributed by atoms with E-state index in [-0.39, 0.29) is 0 Å². The zero-order valence-corrected chi connectivity index (χ0v) is 12.8. The summed E-state index contributed by atoms with van der Waals surface area (Å²) in [7, 11) is 0. The van der Waals surface area contributed by atoms with E-state index in [0.717, 1.165) is 35.6 Å². The summed E-state index contributed by atoms with van der Waals surface area (Å²) in [6.45, 7) is 2.12. The van der Waals surface area contributed by atoms with Gasteiger partial charge in [0.05, 0.1) is 0 Å². The van der Waals surface area contributed by atoms with Crippen LogP contribution in [-0.2, 0) is 6.42 Å². The predicted octanol–water partition coefficient (Wildman–Crippen LogP) is 5.04. The molecule has 0 saturated heterocycles. The molecule has 0 aliphatic carbocycles. The summed E-state index contributed by atoms with van der Waals surface area (Å²) in [6, 6.07) is 11.4. The summed E-state index contributed by atoms with van der Waals surface area (Å²) < 4.78 is 26.3. The maximum Gasteiger partial charge on any atom is 0.159 e. The molecule has 0 N–H and O–H groups in total. The second-order valence-electron chi connectivity index (χ2n) is 5.37. The zero-order chi connectivity index (χ0) is 16.2. The SMILES string of the molecule is CCCc1cnc(-c2ccc(-c3ccc(F)c(F)c3)cc2)nc1. The van der Waals surface area contributed by atoms with Gasteiger partial charge in [0.2, 0.25) is 0 Å². The Morgan fingerprint density at radius 3 is 2.00 bits per heavy atom. The molecule has 1 heterocycles. The van der Waals surface area contributed by atoms with Gasteiger partial charge < -0.3 is 0 Å². The van der Waals surface area contributed by atoms with Crippen LogP contribution >= 0.6 is 0 Å². The molecule has 0 atom stereocenters. The molecule has 0 saturated carbocycles. The van der Waals surface area contributed by atoms with Gasteiger partial charge in [0.15, 0.2) is 17.5 Å². The highest BCUT2D eigenvalue weighted by Crippen LogP contribution is 2.24. The van der Waals surface area contributed by atoms with E-state index in [2.05, 4.69) is 16.9 Å². The van der Waals surface area contributed by atoms with Crippen molar-refractivity contribution in [1.29, 1.82) is 0 Å². The van der Waals surface area contributed by atoms with Crippen LogP contribution in [-0.4, -0.2) is 9.97 Å². The molecule has 0 spiro atoms. The first kappa shape index (κ1) is 15.3. The van der Waals surface area contributed by atoms with Crippen LogP contribution in [0, 0.1) is 11.6 Å². The number of aromatic nitrogens is 2. The molecule has 0 amide bonds. The van der Waals surface area contributed by atoms with E-state index in [0.29, 0.717) is 11.4 Å². The van der Waals surface area contributed by atoms with Gasteiger partial charge in [-0.05, 0) is 35.2 Å². The molecule has 2 aromatic carbocycles. The number of rotatable bonds is 4. The van der Waals surface area contributed by atoms with Gasteiger partial charge in [-0.2, -0.15) is 0 Å². The van der Waals surface area contributed by atoms with Gasteiger partial charge in [-0.3, -0.25) is 0 Å². The summed E-state index contributed by atoms with van der Waals surface area (Å²) in [5.74, 6) is -1.03. The van der Waals surface area contributed by atoms with Crippen molar-refractivity contribution in [3.63, 3.8) is 0 Å². The number of hydrogen-bond acceptors (Lipinski definition) is 2. The van der Waals surface area contributed by atoms with Crippen molar-refractivity contribution in [2.75, 3.05) is 0 Å². The minimum absolute atomic E-state index is 0.634. The molecule has 0 bridgehead atoms. The van der Waals surface area contributed by atoms with Crippen molar-refractivity contribution in [2.45, 2.75) is 19.8 Å². The van der Waals surface area contributed by atoms with E-state index in [4.69, 9.17) is 0 Å². The van der Waals surface area contributed by atoms with Gasteiger partial charge in [-0.1, -0.05) is 43.7 Å². The van der Waals surface area contributed by atoms with Crippen LogP contribution in [0.1, 0.15) is 18.9 Å². The highest BCUT2D eigenvalue weighted by molar-refractivity contribution is 5.67. The van der Waals surface area contributed by atoms with Gasteiger partial charge in [-0.25, -0.2) is 18.7 Å². The highest BCUT2D eigenvalue weighted by Gasteiger charge is 2.06. The van der Waals surface area contributed by atoms with Crippen LogP contribution in [0.2, 0.25) is 0 Å². The summed E-state index contributed by atoms with van der Waals surface area (Å²) in [5, 5.41) is 0. The van der Waals surface area contributed by atoms with Crippen molar-refractivity contribution in [1.82, 2.24) is 9.97 Å². The normalized spacial score (nSPS) is 10.7.